The number of benzene rings is 2. The number of rotatable bonds is 6. The highest BCUT2D eigenvalue weighted by molar-refractivity contribution is 7.90. The largest absolute Gasteiger partial charge is 0.497 e. The quantitative estimate of drug-likeness (QED) is 0.787. The zero-order valence-electron chi connectivity index (χ0n) is 15.6. The van der Waals surface area contributed by atoms with Crippen molar-refractivity contribution in [3.05, 3.63) is 53.6 Å². The van der Waals surface area contributed by atoms with Crippen LogP contribution in [0.2, 0.25) is 0 Å². The Morgan fingerprint density at radius 1 is 1.14 bits per heavy atom. The minimum atomic E-state index is -4.04. The smallest absolute Gasteiger partial charge is 0.269 e. The van der Waals surface area contributed by atoms with Gasteiger partial charge in [0.05, 0.1) is 25.8 Å². The lowest BCUT2D eigenvalue weighted by Crippen LogP contribution is -2.41. The maximum atomic E-state index is 12.6. The molecule has 0 saturated heterocycles. The van der Waals surface area contributed by atoms with E-state index in [0.29, 0.717) is 21.4 Å². The van der Waals surface area contributed by atoms with Crippen LogP contribution < -0.4 is 14.8 Å². The number of fused-ring (bicyclic) bond motifs is 1. The Hall–Kier alpha value is -3.07. The lowest BCUT2D eigenvalue weighted by molar-refractivity contribution is -0.121. The molecule has 0 spiro atoms. The van der Waals surface area contributed by atoms with Crippen molar-refractivity contribution in [2.45, 2.75) is 17.9 Å². The van der Waals surface area contributed by atoms with Crippen LogP contribution in [0.3, 0.4) is 0 Å². The lowest BCUT2D eigenvalue weighted by atomic mass is 10.1. The summed E-state index contributed by atoms with van der Waals surface area (Å²) in [7, 11) is -1.01. The lowest BCUT2D eigenvalue weighted by Gasteiger charge is -2.20. The number of methoxy groups -OCH3 is 2. The van der Waals surface area contributed by atoms with Crippen LogP contribution in [-0.4, -0.2) is 45.3 Å². The molecule has 0 bridgehead atoms. The van der Waals surface area contributed by atoms with E-state index in [0.717, 1.165) is 0 Å². The van der Waals surface area contributed by atoms with Crippen LogP contribution in [-0.2, 0) is 14.8 Å². The van der Waals surface area contributed by atoms with Crippen molar-refractivity contribution in [2.75, 3.05) is 20.8 Å². The molecule has 2 amide bonds. The molecule has 1 heterocycles. The Morgan fingerprint density at radius 2 is 1.86 bits per heavy atom. The summed E-state index contributed by atoms with van der Waals surface area (Å²) in [5.41, 5.74) is 0.729. The molecule has 8 nitrogen and oxygen atoms in total. The maximum absolute atomic E-state index is 12.6. The van der Waals surface area contributed by atoms with Crippen molar-refractivity contribution in [1.29, 1.82) is 0 Å². The van der Waals surface area contributed by atoms with Crippen LogP contribution >= 0.6 is 0 Å². The number of carbonyl (C=O) groups is 2. The Labute approximate surface area is 163 Å². The van der Waals surface area contributed by atoms with Crippen LogP contribution in [0, 0.1) is 0 Å². The van der Waals surface area contributed by atoms with Crippen molar-refractivity contribution in [3.8, 4) is 11.5 Å². The summed E-state index contributed by atoms with van der Waals surface area (Å²) in [6.07, 6.45) is 0. The highest BCUT2D eigenvalue weighted by Gasteiger charge is 2.41. The molecular formula is C19H20N2O6S. The molecular weight excluding hydrogens is 384 g/mol. The van der Waals surface area contributed by atoms with Crippen molar-refractivity contribution in [1.82, 2.24) is 9.62 Å². The molecule has 0 fully saturated rings. The third kappa shape index (κ3) is 3.40. The van der Waals surface area contributed by atoms with E-state index in [9.17, 15) is 18.0 Å². The zero-order valence-corrected chi connectivity index (χ0v) is 16.4. The number of nitrogens with zero attached hydrogens (tertiary/aromatic N) is 1. The summed E-state index contributed by atoms with van der Waals surface area (Å²) in [5.74, 6) is -0.185. The number of hydrogen-bond donors (Lipinski definition) is 1. The summed E-state index contributed by atoms with van der Waals surface area (Å²) >= 11 is 0. The number of amides is 2. The minimum absolute atomic E-state index is 0.0674. The molecule has 2 aromatic rings. The zero-order chi connectivity index (χ0) is 20.5. The first-order chi connectivity index (χ1) is 13.3. The van der Waals surface area contributed by atoms with Gasteiger partial charge in [0.1, 0.15) is 22.9 Å². The van der Waals surface area contributed by atoms with Crippen LogP contribution in [0.5, 0.6) is 11.5 Å². The first kappa shape index (κ1) is 19.7. The topological polar surface area (TPSA) is 102 Å². The van der Waals surface area contributed by atoms with Gasteiger partial charge in [-0.1, -0.05) is 12.1 Å². The van der Waals surface area contributed by atoms with Crippen LogP contribution in [0.25, 0.3) is 0 Å². The van der Waals surface area contributed by atoms with E-state index in [1.54, 1.807) is 31.2 Å². The summed E-state index contributed by atoms with van der Waals surface area (Å²) in [5, 5.41) is 2.70. The molecule has 0 unspecified atom stereocenters. The summed E-state index contributed by atoms with van der Waals surface area (Å²) < 4.78 is 36.2. The van der Waals surface area contributed by atoms with Crippen LogP contribution in [0.1, 0.15) is 28.9 Å². The fourth-order valence-electron chi connectivity index (χ4n) is 3.06. The Kier molecular flexibility index (Phi) is 5.28. The van der Waals surface area contributed by atoms with Crippen molar-refractivity contribution in [3.63, 3.8) is 0 Å². The van der Waals surface area contributed by atoms with Gasteiger partial charge in [-0.15, -0.1) is 0 Å². The minimum Gasteiger partial charge on any atom is -0.497 e. The Morgan fingerprint density at radius 3 is 2.50 bits per heavy atom. The molecule has 0 aromatic heterocycles. The fraction of sp³-hybridized carbons (Fsp3) is 0.263. The standard InChI is InChI=1S/C19H20N2O6S/c1-12(15-10-13(26-2)8-9-16(15)27-3)20-18(22)11-21-19(23)14-6-4-5-7-17(14)28(21,24)25/h4-10,12H,11H2,1-3H3,(H,20,22)/t12-/m0/s1. The van der Waals surface area contributed by atoms with Crippen molar-refractivity contribution >= 4 is 21.8 Å². The predicted octanol–water partition coefficient (Wildman–Crippen LogP) is 1.73. The van der Waals surface area contributed by atoms with Gasteiger partial charge in [0.2, 0.25) is 5.91 Å². The fourth-order valence-corrected chi connectivity index (χ4v) is 4.59. The van der Waals surface area contributed by atoms with Crippen LogP contribution in [0.4, 0.5) is 0 Å². The molecule has 1 N–H and O–H groups in total. The third-order valence-electron chi connectivity index (χ3n) is 4.48. The first-order valence-electron chi connectivity index (χ1n) is 8.47. The highest BCUT2D eigenvalue weighted by Crippen LogP contribution is 2.31. The van der Waals surface area contributed by atoms with E-state index in [-0.39, 0.29) is 10.5 Å². The van der Waals surface area contributed by atoms with E-state index in [4.69, 9.17) is 9.47 Å². The van der Waals surface area contributed by atoms with Gasteiger partial charge >= 0.3 is 0 Å². The molecule has 0 radical (unpaired) electrons. The average Bonchev–Trinajstić information content (AvgIpc) is 2.88. The average molecular weight is 404 g/mol. The van der Waals surface area contributed by atoms with E-state index < -0.39 is 34.4 Å². The second-order valence-electron chi connectivity index (χ2n) is 6.21. The summed E-state index contributed by atoms with van der Waals surface area (Å²) in [6.45, 7) is 1.12. The normalized spacial score (nSPS) is 15.7. The van der Waals surface area contributed by atoms with Gasteiger partial charge in [-0.2, -0.15) is 0 Å². The van der Waals surface area contributed by atoms with Gasteiger partial charge in [-0.3, -0.25) is 9.59 Å². The SMILES string of the molecule is COc1ccc(OC)c([C@H](C)NC(=O)CN2C(=O)c3ccccc3S2(=O)=O)c1. The number of carbonyl (C=O) groups excluding carboxylic acids is 2. The molecule has 1 aliphatic rings. The molecule has 1 atom stereocenters. The van der Waals surface area contributed by atoms with Gasteiger partial charge in [0.25, 0.3) is 15.9 Å². The second kappa shape index (κ2) is 7.51. The van der Waals surface area contributed by atoms with Gasteiger partial charge in [0.15, 0.2) is 0 Å². The van der Waals surface area contributed by atoms with Gasteiger partial charge in [-0.05, 0) is 37.3 Å². The third-order valence-corrected chi connectivity index (χ3v) is 6.27. The Balaban J connectivity index is 1.77. The highest BCUT2D eigenvalue weighted by atomic mass is 32.2. The maximum Gasteiger partial charge on any atom is 0.269 e. The Bertz CT molecular complexity index is 1030. The number of hydrogen-bond acceptors (Lipinski definition) is 6. The number of ether oxygens (including phenoxy) is 2. The summed E-state index contributed by atoms with van der Waals surface area (Å²) in [4.78, 5) is 24.8. The molecule has 2 aromatic carbocycles. The van der Waals surface area contributed by atoms with E-state index >= 15 is 0 Å². The second-order valence-corrected chi connectivity index (χ2v) is 8.04. The monoisotopic (exact) mass is 404 g/mol. The van der Waals surface area contributed by atoms with Crippen molar-refractivity contribution in [2.24, 2.45) is 0 Å². The van der Waals surface area contributed by atoms with E-state index in [1.165, 1.54) is 32.4 Å². The van der Waals surface area contributed by atoms with E-state index in [1.807, 2.05) is 0 Å². The molecule has 148 valence electrons. The van der Waals surface area contributed by atoms with Gasteiger partial charge < -0.3 is 14.8 Å². The number of nitrogens with one attached hydrogen (secondary N) is 1. The number of sulfonamides is 1. The molecule has 0 saturated carbocycles. The molecule has 3 rings (SSSR count). The molecule has 1 aliphatic heterocycles. The van der Waals surface area contributed by atoms with Crippen molar-refractivity contribution < 1.29 is 27.5 Å². The first-order valence-corrected chi connectivity index (χ1v) is 9.91. The van der Waals surface area contributed by atoms with E-state index in [2.05, 4.69) is 5.32 Å². The predicted molar refractivity (Wildman–Crippen MR) is 101 cm³/mol. The molecule has 0 aliphatic carbocycles. The summed E-state index contributed by atoms with van der Waals surface area (Å²) in [6, 6.07) is 10.5. The van der Waals surface area contributed by atoms with Crippen LogP contribution in [0.15, 0.2) is 47.4 Å². The molecule has 28 heavy (non-hydrogen) atoms. The van der Waals surface area contributed by atoms with Gasteiger partial charge in [0, 0.05) is 5.56 Å². The van der Waals surface area contributed by atoms with Gasteiger partial charge in [-0.25, -0.2) is 12.7 Å². The molecule has 9 heteroatoms.